The maximum Gasteiger partial charge on any atom is 0.262 e. The topological polar surface area (TPSA) is 29.5 Å². The van der Waals surface area contributed by atoms with Gasteiger partial charge < -0.3 is 0 Å². The van der Waals surface area contributed by atoms with Crippen molar-refractivity contribution in [2.75, 3.05) is 13.2 Å². The standard InChI is InChI=1S/C5H8BrNO2/c1-2-7-5(8)4(6)3-9-7/h4H,2-3H2,1H3. The SMILES string of the molecule is CCN1OCC(Br)C1=O. The molecule has 52 valence electrons. The second kappa shape index (κ2) is 2.66. The molecule has 1 unspecified atom stereocenters. The normalized spacial score (nSPS) is 27.6. The Hall–Kier alpha value is -0.0900. The molecule has 1 heterocycles. The third-order valence-electron chi connectivity index (χ3n) is 1.18. The summed E-state index contributed by atoms with van der Waals surface area (Å²) in [6, 6.07) is 0. The molecule has 0 saturated carbocycles. The molecule has 1 aliphatic heterocycles. The lowest BCUT2D eigenvalue weighted by Crippen LogP contribution is -2.25. The van der Waals surface area contributed by atoms with Crippen LogP contribution in [-0.2, 0) is 9.63 Å². The molecule has 0 N–H and O–H groups in total. The lowest BCUT2D eigenvalue weighted by atomic mass is 10.4. The molecular formula is C5H8BrNO2. The highest BCUT2D eigenvalue weighted by atomic mass is 79.9. The van der Waals surface area contributed by atoms with Gasteiger partial charge in [-0.15, -0.1) is 0 Å². The molecule has 0 aromatic carbocycles. The van der Waals surface area contributed by atoms with Gasteiger partial charge in [-0.2, -0.15) is 0 Å². The molecule has 0 radical (unpaired) electrons. The van der Waals surface area contributed by atoms with Gasteiger partial charge in [-0.1, -0.05) is 15.9 Å². The summed E-state index contributed by atoms with van der Waals surface area (Å²) in [6.45, 7) is 2.97. The van der Waals surface area contributed by atoms with E-state index in [9.17, 15) is 4.79 Å². The highest BCUT2D eigenvalue weighted by Gasteiger charge is 2.29. The third kappa shape index (κ3) is 1.24. The second-order valence-electron chi connectivity index (χ2n) is 1.80. The van der Waals surface area contributed by atoms with Crippen molar-refractivity contribution in [3.8, 4) is 0 Å². The largest absolute Gasteiger partial charge is 0.271 e. The van der Waals surface area contributed by atoms with Crippen LogP contribution in [0.5, 0.6) is 0 Å². The Kier molecular flexibility index (Phi) is 2.08. The summed E-state index contributed by atoms with van der Waals surface area (Å²) >= 11 is 3.17. The zero-order valence-electron chi connectivity index (χ0n) is 5.13. The molecule has 0 aliphatic carbocycles. The lowest BCUT2D eigenvalue weighted by Gasteiger charge is -2.08. The average molecular weight is 194 g/mol. The number of hydrogen-bond acceptors (Lipinski definition) is 2. The maximum atomic E-state index is 10.9. The number of carbonyl (C=O) groups is 1. The fourth-order valence-electron chi connectivity index (χ4n) is 0.694. The van der Waals surface area contributed by atoms with Gasteiger partial charge in [-0.3, -0.25) is 9.63 Å². The van der Waals surface area contributed by atoms with E-state index in [0.717, 1.165) is 0 Å². The van der Waals surface area contributed by atoms with Crippen molar-refractivity contribution >= 4 is 21.8 Å². The number of amides is 1. The Balaban J connectivity index is 2.51. The van der Waals surface area contributed by atoms with Crippen LogP contribution in [0.3, 0.4) is 0 Å². The van der Waals surface area contributed by atoms with E-state index in [-0.39, 0.29) is 10.7 Å². The predicted octanol–water partition coefficient (Wildman–Crippen LogP) is 0.544. The van der Waals surface area contributed by atoms with Gasteiger partial charge in [0.15, 0.2) is 0 Å². The molecule has 4 heteroatoms. The molecule has 3 nitrogen and oxygen atoms in total. The van der Waals surface area contributed by atoms with Crippen LogP contribution in [0.2, 0.25) is 0 Å². The number of halogens is 1. The number of rotatable bonds is 1. The average Bonchev–Trinajstić information content (AvgIpc) is 2.15. The minimum atomic E-state index is -0.127. The first-order valence-corrected chi connectivity index (χ1v) is 3.75. The second-order valence-corrected chi connectivity index (χ2v) is 2.90. The molecule has 9 heavy (non-hydrogen) atoms. The van der Waals surface area contributed by atoms with Gasteiger partial charge in [0.1, 0.15) is 4.83 Å². The zero-order valence-corrected chi connectivity index (χ0v) is 6.72. The first-order valence-electron chi connectivity index (χ1n) is 2.84. The molecular weight excluding hydrogens is 186 g/mol. The van der Waals surface area contributed by atoms with E-state index in [0.29, 0.717) is 13.2 Å². The van der Waals surface area contributed by atoms with Crippen molar-refractivity contribution in [2.24, 2.45) is 0 Å². The molecule has 1 aliphatic rings. The van der Waals surface area contributed by atoms with Crippen molar-refractivity contribution in [3.63, 3.8) is 0 Å². The van der Waals surface area contributed by atoms with Crippen LogP contribution in [0.25, 0.3) is 0 Å². The Labute approximate surface area is 62.0 Å². The summed E-state index contributed by atoms with van der Waals surface area (Å²) in [5.41, 5.74) is 0. The monoisotopic (exact) mass is 193 g/mol. The fraction of sp³-hybridized carbons (Fsp3) is 0.800. The van der Waals surface area contributed by atoms with E-state index in [2.05, 4.69) is 15.9 Å². The first-order chi connectivity index (χ1) is 4.25. The molecule has 1 amide bonds. The predicted molar refractivity (Wildman–Crippen MR) is 36.1 cm³/mol. The number of alkyl halides is 1. The molecule has 1 rings (SSSR count). The quantitative estimate of drug-likeness (QED) is 0.570. The van der Waals surface area contributed by atoms with E-state index in [4.69, 9.17) is 4.84 Å². The highest BCUT2D eigenvalue weighted by Crippen LogP contribution is 2.13. The van der Waals surface area contributed by atoms with Gasteiger partial charge in [0.05, 0.1) is 6.61 Å². The summed E-state index contributed by atoms with van der Waals surface area (Å²) in [5.74, 6) is 0.0255. The van der Waals surface area contributed by atoms with E-state index < -0.39 is 0 Å². The van der Waals surface area contributed by atoms with E-state index in [1.54, 1.807) is 0 Å². The van der Waals surface area contributed by atoms with Crippen molar-refractivity contribution in [1.82, 2.24) is 5.06 Å². The smallest absolute Gasteiger partial charge is 0.262 e. The molecule has 0 bridgehead atoms. The highest BCUT2D eigenvalue weighted by molar-refractivity contribution is 9.10. The van der Waals surface area contributed by atoms with Crippen LogP contribution in [0.4, 0.5) is 0 Å². The number of hydrogen-bond donors (Lipinski definition) is 0. The molecule has 0 aromatic rings. The van der Waals surface area contributed by atoms with Gasteiger partial charge in [-0.05, 0) is 6.92 Å². The van der Waals surface area contributed by atoms with Gasteiger partial charge >= 0.3 is 0 Å². The van der Waals surface area contributed by atoms with Crippen molar-refractivity contribution in [2.45, 2.75) is 11.8 Å². The van der Waals surface area contributed by atoms with Crippen molar-refractivity contribution in [3.05, 3.63) is 0 Å². The number of hydroxylamine groups is 2. The van der Waals surface area contributed by atoms with Gasteiger partial charge in [-0.25, -0.2) is 5.06 Å². The summed E-state index contributed by atoms with van der Waals surface area (Å²) < 4.78 is 0. The molecule has 0 aromatic heterocycles. The lowest BCUT2D eigenvalue weighted by molar-refractivity contribution is -0.160. The summed E-state index contributed by atoms with van der Waals surface area (Å²) in [4.78, 5) is 15.7. The molecule has 1 atom stereocenters. The van der Waals surface area contributed by atoms with Crippen LogP contribution in [-0.4, -0.2) is 28.9 Å². The van der Waals surface area contributed by atoms with E-state index in [1.165, 1.54) is 5.06 Å². The van der Waals surface area contributed by atoms with E-state index >= 15 is 0 Å². The Morgan fingerprint density at radius 2 is 2.67 bits per heavy atom. The number of nitrogens with zero attached hydrogens (tertiary/aromatic N) is 1. The molecule has 1 saturated heterocycles. The summed E-state index contributed by atoms with van der Waals surface area (Å²) in [6.07, 6.45) is 0. The van der Waals surface area contributed by atoms with Gasteiger partial charge in [0, 0.05) is 6.54 Å². The minimum absolute atomic E-state index is 0.0255. The van der Waals surface area contributed by atoms with E-state index in [1.807, 2.05) is 6.92 Å². The van der Waals surface area contributed by atoms with Crippen molar-refractivity contribution < 1.29 is 9.63 Å². The van der Waals surface area contributed by atoms with Crippen LogP contribution in [0.15, 0.2) is 0 Å². The van der Waals surface area contributed by atoms with Crippen LogP contribution in [0, 0.1) is 0 Å². The van der Waals surface area contributed by atoms with Crippen LogP contribution < -0.4 is 0 Å². The zero-order chi connectivity index (χ0) is 6.85. The van der Waals surface area contributed by atoms with Crippen LogP contribution >= 0.6 is 15.9 Å². The summed E-state index contributed by atoms with van der Waals surface area (Å²) in [5, 5.41) is 1.36. The third-order valence-corrected chi connectivity index (χ3v) is 1.83. The molecule has 1 fully saturated rings. The molecule has 0 spiro atoms. The Morgan fingerprint density at radius 3 is 2.89 bits per heavy atom. The van der Waals surface area contributed by atoms with Gasteiger partial charge in [0.25, 0.3) is 5.91 Å². The fourth-order valence-corrected chi connectivity index (χ4v) is 1.04. The first kappa shape index (κ1) is 7.02. The van der Waals surface area contributed by atoms with Gasteiger partial charge in [0.2, 0.25) is 0 Å². The Bertz CT molecular complexity index is 128. The number of carbonyl (C=O) groups excluding carboxylic acids is 1. The van der Waals surface area contributed by atoms with Crippen LogP contribution in [0.1, 0.15) is 6.92 Å². The summed E-state index contributed by atoms with van der Waals surface area (Å²) in [7, 11) is 0. The Morgan fingerprint density at radius 1 is 2.00 bits per heavy atom. The maximum absolute atomic E-state index is 10.9. The minimum Gasteiger partial charge on any atom is -0.271 e. The van der Waals surface area contributed by atoms with Crippen molar-refractivity contribution in [1.29, 1.82) is 0 Å².